The van der Waals surface area contributed by atoms with Gasteiger partial charge in [0.25, 0.3) is 5.91 Å². The van der Waals surface area contributed by atoms with Crippen LogP contribution >= 0.6 is 27.5 Å². The van der Waals surface area contributed by atoms with Crippen molar-refractivity contribution in [1.29, 1.82) is 0 Å². The van der Waals surface area contributed by atoms with Crippen LogP contribution in [0, 0.1) is 0 Å². The van der Waals surface area contributed by atoms with Crippen LogP contribution in [-0.2, 0) is 9.59 Å². The molecule has 0 unspecified atom stereocenters. The zero-order valence-corrected chi connectivity index (χ0v) is 19.5. The number of benzene rings is 2. The summed E-state index contributed by atoms with van der Waals surface area (Å²) < 4.78 is 2.16. The van der Waals surface area contributed by atoms with Gasteiger partial charge in [-0.15, -0.1) is 0 Å². The van der Waals surface area contributed by atoms with Gasteiger partial charge in [0.15, 0.2) is 0 Å². The summed E-state index contributed by atoms with van der Waals surface area (Å²) in [5.74, 6) is -1.99. The minimum absolute atomic E-state index is 0.00459. The van der Waals surface area contributed by atoms with Crippen molar-refractivity contribution < 1.29 is 14.4 Å². The van der Waals surface area contributed by atoms with Crippen molar-refractivity contribution in [2.75, 3.05) is 10.7 Å². The molecule has 1 saturated carbocycles. The highest BCUT2D eigenvalue weighted by molar-refractivity contribution is 9.10. The lowest BCUT2D eigenvalue weighted by Crippen LogP contribution is -2.44. The molecular formula is C23H22BrClN4O3. The molecule has 1 aromatic heterocycles. The highest BCUT2D eigenvalue weighted by atomic mass is 79.9. The topological polar surface area (TPSA) is 92.2 Å². The van der Waals surface area contributed by atoms with E-state index in [4.69, 9.17) is 11.6 Å². The number of nitrogens with one attached hydrogen (secondary N) is 3. The van der Waals surface area contributed by atoms with Gasteiger partial charge in [0, 0.05) is 26.6 Å². The molecule has 32 heavy (non-hydrogen) atoms. The first-order chi connectivity index (χ1) is 15.4. The van der Waals surface area contributed by atoms with Crippen molar-refractivity contribution in [2.45, 2.75) is 38.1 Å². The molecular weight excluding hydrogens is 496 g/mol. The summed E-state index contributed by atoms with van der Waals surface area (Å²) in [5.41, 5.74) is 3.86. The van der Waals surface area contributed by atoms with E-state index in [1.54, 1.807) is 42.5 Å². The zero-order chi connectivity index (χ0) is 22.7. The number of anilines is 1. The number of carbonyl (C=O) groups excluding carboxylic acids is 3. The largest absolute Gasteiger partial charge is 0.345 e. The van der Waals surface area contributed by atoms with E-state index in [1.165, 1.54) is 4.68 Å². The molecule has 1 fully saturated rings. The average molecular weight is 518 g/mol. The van der Waals surface area contributed by atoms with Crippen molar-refractivity contribution in [3.8, 4) is 0 Å². The standard InChI is InChI=1S/C23H22BrClN4O3/c24-15-9-10-19-14(11-15)12-20(21(30)27-18-8-4-5-16(25)13-18)29(19)28-23(32)22(31)26-17-6-2-1-3-7-17/h4-5,8-13,17H,1-3,6-7H2,(H,26,31)(H,27,30)(H,28,32). The highest BCUT2D eigenvalue weighted by Crippen LogP contribution is 2.24. The Morgan fingerprint density at radius 2 is 1.75 bits per heavy atom. The van der Waals surface area contributed by atoms with Crippen LogP contribution < -0.4 is 16.1 Å². The van der Waals surface area contributed by atoms with Gasteiger partial charge >= 0.3 is 11.8 Å². The first-order valence-electron chi connectivity index (χ1n) is 10.4. The molecule has 0 radical (unpaired) electrons. The Morgan fingerprint density at radius 1 is 0.969 bits per heavy atom. The molecule has 0 spiro atoms. The normalized spacial score (nSPS) is 14.2. The number of halogens is 2. The Kier molecular flexibility index (Phi) is 6.81. The Morgan fingerprint density at radius 3 is 2.50 bits per heavy atom. The number of hydrogen-bond donors (Lipinski definition) is 3. The zero-order valence-electron chi connectivity index (χ0n) is 17.2. The maximum Gasteiger partial charge on any atom is 0.328 e. The SMILES string of the molecule is O=C(NC1CCCCC1)C(=O)Nn1c(C(=O)Nc2cccc(Cl)c2)cc2cc(Br)ccc21. The summed E-state index contributed by atoms with van der Waals surface area (Å²) in [7, 11) is 0. The number of hydrogen-bond acceptors (Lipinski definition) is 3. The molecule has 4 rings (SSSR count). The van der Waals surface area contributed by atoms with Crippen LogP contribution in [0.1, 0.15) is 42.6 Å². The summed E-state index contributed by atoms with van der Waals surface area (Å²) in [6, 6.07) is 13.8. The fourth-order valence-electron chi connectivity index (χ4n) is 3.89. The monoisotopic (exact) mass is 516 g/mol. The molecule has 0 saturated heterocycles. The molecule has 2 aromatic carbocycles. The molecule has 1 aliphatic rings. The van der Waals surface area contributed by atoms with E-state index >= 15 is 0 Å². The van der Waals surface area contributed by atoms with E-state index in [2.05, 4.69) is 32.0 Å². The summed E-state index contributed by atoms with van der Waals surface area (Å²) in [6.07, 6.45) is 4.96. The molecule has 0 bridgehead atoms. The third-order valence-electron chi connectivity index (χ3n) is 5.44. The van der Waals surface area contributed by atoms with Gasteiger partial charge in [0.2, 0.25) is 0 Å². The second-order valence-electron chi connectivity index (χ2n) is 7.78. The van der Waals surface area contributed by atoms with E-state index in [0.717, 1.165) is 42.0 Å². The van der Waals surface area contributed by atoms with Crippen LogP contribution in [0.4, 0.5) is 5.69 Å². The number of nitrogens with zero attached hydrogens (tertiary/aromatic N) is 1. The predicted octanol–water partition coefficient (Wildman–Crippen LogP) is 4.83. The Labute approximate surface area is 198 Å². The van der Waals surface area contributed by atoms with Gasteiger partial charge in [0.1, 0.15) is 5.69 Å². The van der Waals surface area contributed by atoms with Crippen LogP contribution in [0.25, 0.3) is 10.9 Å². The molecule has 9 heteroatoms. The number of rotatable bonds is 4. The van der Waals surface area contributed by atoms with Crippen LogP contribution in [0.15, 0.2) is 53.0 Å². The Balaban J connectivity index is 1.59. The summed E-state index contributed by atoms with van der Waals surface area (Å²) in [4.78, 5) is 38.2. The van der Waals surface area contributed by atoms with Crippen LogP contribution in [0.5, 0.6) is 0 Å². The first-order valence-corrected chi connectivity index (χ1v) is 11.6. The number of aromatic nitrogens is 1. The van der Waals surface area contributed by atoms with Crippen molar-refractivity contribution >= 4 is 61.8 Å². The van der Waals surface area contributed by atoms with E-state index in [-0.39, 0.29) is 11.7 Å². The molecule has 3 aromatic rings. The lowest BCUT2D eigenvalue weighted by Gasteiger charge is -2.22. The van der Waals surface area contributed by atoms with E-state index in [0.29, 0.717) is 16.2 Å². The lowest BCUT2D eigenvalue weighted by atomic mass is 9.95. The van der Waals surface area contributed by atoms with Crippen molar-refractivity contribution in [2.24, 2.45) is 0 Å². The van der Waals surface area contributed by atoms with Crippen LogP contribution in [-0.4, -0.2) is 28.4 Å². The lowest BCUT2D eigenvalue weighted by molar-refractivity contribution is -0.137. The molecule has 3 N–H and O–H groups in total. The third-order valence-corrected chi connectivity index (χ3v) is 6.17. The fourth-order valence-corrected chi connectivity index (χ4v) is 4.45. The molecule has 1 heterocycles. The fraction of sp³-hybridized carbons (Fsp3) is 0.261. The minimum Gasteiger partial charge on any atom is -0.345 e. The van der Waals surface area contributed by atoms with Gasteiger partial charge in [-0.3, -0.25) is 19.8 Å². The van der Waals surface area contributed by atoms with Crippen molar-refractivity contribution in [1.82, 2.24) is 9.99 Å². The highest BCUT2D eigenvalue weighted by Gasteiger charge is 2.23. The Bertz CT molecular complexity index is 1190. The van der Waals surface area contributed by atoms with Gasteiger partial charge in [-0.25, -0.2) is 4.68 Å². The maximum atomic E-state index is 13.0. The van der Waals surface area contributed by atoms with Gasteiger partial charge in [-0.05, 0) is 55.3 Å². The second kappa shape index (κ2) is 9.75. The summed E-state index contributed by atoms with van der Waals surface area (Å²) >= 11 is 9.43. The maximum absolute atomic E-state index is 13.0. The van der Waals surface area contributed by atoms with Gasteiger partial charge in [0.05, 0.1) is 5.52 Å². The quantitative estimate of drug-likeness (QED) is 0.433. The first kappa shape index (κ1) is 22.4. The molecule has 7 nitrogen and oxygen atoms in total. The number of fused-ring (bicyclic) bond motifs is 1. The number of amides is 3. The molecule has 0 aliphatic heterocycles. The average Bonchev–Trinajstić information content (AvgIpc) is 3.12. The molecule has 3 amide bonds. The summed E-state index contributed by atoms with van der Waals surface area (Å²) in [6.45, 7) is 0. The number of carbonyl (C=O) groups is 3. The van der Waals surface area contributed by atoms with Gasteiger partial charge in [-0.2, -0.15) is 0 Å². The van der Waals surface area contributed by atoms with Crippen molar-refractivity contribution in [3.05, 3.63) is 63.7 Å². The van der Waals surface area contributed by atoms with Crippen molar-refractivity contribution in [3.63, 3.8) is 0 Å². The third kappa shape index (κ3) is 5.14. The molecule has 166 valence electrons. The minimum atomic E-state index is -0.826. The van der Waals surface area contributed by atoms with Crippen LogP contribution in [0.2, 0.25) is 5.02 Å². The molecule has 0 atom stereocenters. The van der Waals surface area contributed by atoms with Gasteiger partial charge < -0.3 is 10.6 Å². The van der Waals surface area contributed by atoms with E-state index < -0.39 is 17.7 Å². The summed E-state index contributed by atoms with van der Waals surface area (Å²) in [5, 5.41) is 6.78. The van der Waals surface area contributed by atoms with E-state index in [9.17, 15) is 14.4 Å². The second-order valence-corrected chi connectivity index (χ2v) is 9.13. The van der Waals surface area contributed by atoms with E-state index in [1.807, 2.05) is 6.07 Å². The van der Waals surface area contributed by atoms with Crippen LogP contribution in [0.3, 0.4) is 0 Å². The smallest absolute Gasteiger partial charge is 0.328 e. The van der Waals surface area contributed by atoms with Gasteiger partial charge in [-0.1, -0.05) is 52.9 Å². The molecule has 1 aliphatic carbocycles. The predicted molar refractivity (Wildman–Crippen MR) is 128 cm³/mol. The Hall–Kier alpha value is -2.84.